The largest absolute Gasteiger partial charge is 0.495 e. The predicted molar refractivity (Wildman–Crippen MR) is 120 cm³/mol. The van der Waals surface area contributed by atoms with Crippen molar-refractivity contribution in [2.75, 3.05) is 25.1 Å². The van der Waals surface area contributed by atoms with Crippen molar-refractivity contribution >= 4 is 28.5 Å². The maximum atomic E-state index is 12.7. The van der Waals surface area contributed by atoms with E-state index in [4.69, 9.17) is 4.74 Å². The lowest BCUT2D eigenvalue weighted by molar-refractivity contribution is -0.126. The minimum absolute atomic E-state index is 0.0629. The van der Waals surface area contributed by atoms with Gasteiger partial charge in [0.05, 0.1) is 29.7 Å². The average Bonchev–Trinajstić information content (AvgIpc) is 3.31. The summed E-state index contributed by atoms with van der Waals surface area (Å²) in [6.45, 7) is 6.94. The number of hydrogen-bond acceptors (Lipinski definition) is 4. The van der Waals surface area contributed by atoms with E-state index >= 15 is 0 Å². The molecule has 1 saturated heterocycles. The molecular weight excluding hydrogens is 392 g/mol. The highest BCUT2D eigenvalue weighted by Crippen LogP contribution is 2.33. The number of benzene rings is 2. The maximum absolute atomic E-state index is 12.7. The van der Waals surface area contributed by atoms with Gasteiger partial charge in [-0.05, 0) is 61.7 Å². The van der Waals surface area contributed by atoms with E-state index in [1.807, 2.05) is 25.1 Å². The zero-order valence-electron chi connectivity index (χ0n) is 18.4. The number of nitrogens with zero attached hydrogens (tertiary/aromatic N) is 2. The van der Waals surface area contributed by atoms with Crippen molar-refractivity contribution in [2.24, 2.45) is 5.92 Å². The zero-order valence-corrected chi connectivity index (χ0v) is 18.4. The Morgan fingerprint density at radius 1 is 1.23 bits per heavy atom. The number of carbonyl (C=O) groups is 2. The average molecular weight is 421 g/mol. The first-order valence-corrected chi connectivity index (χ1v) is 10.5. The van der Waals surface area contributed by atoms with Crippen molar-refractivity contribution in [3.8, 4) is 5.75 Å². The number of amides is 2. The number of aromatic amines is 1. The topological polar surface area (TPSA) is 87.3 Å². The van der Waals surface area contributed by atoms with Crippen molar-refractivity contribution in [1.82, 2.24) is 15.3 Å². The highest BCUT2D eigenvalue weighted by molar-refractivity contribution is 6.01. The third-order valence-corrected chi connectivity index (χ3v) is 5.93. The monoisotopic (exact) mass is 420 g/mol. The van der Waals surface area contributed by atoms with Gasteiger partial charge in [-0.25, -0.2) is 4.98 Å². The molecule has 0 aliphatic carbocycles. The molecule has 2 aromatic carbocycles. The molecule has 2 amide bonds. The molecule has 1 aliphatic rings. The van der Waals surface area contributed by atoms with Gasteiger partial charge in [-0.1, -0.05) is 6.07 Å². The lowest BCUT2D eigenvalue weighted by atomic mass is 10.1. The number of aromatic nitrogens is 2. The van der Waals surface area contributed by atoms with Gasteiger partial charge >= 0.3 is 0 Å². The number of hydrogen-bond donors (Lipinski definition) is 2. The zero-order chi connectivity index (χ0) is 22.1. The molecule has 7 heteroatoms. The normalized spacial score (nSPS) is 16.2. The number of anilines is 1. The van der Waals surface area contributed by atoms with Crippen molar-refractivity contribution in [2.45, 2.75) is 33.6 Å². The summed E-state index contributed by atoms with van der Waals surface area (Å²) in [6.07, 6.45) is 0.806. The quantitative estimate of drug-likeness (QED) is 0.641. The molecule has 0 radical (unpaired) electrons. The number of aryl methyl sites for hydroxylation is 3. The van der Waals surface area contributed by atoms with Gasteiger partial charge in [-0.2, -0.15) is 0 Å². The summed E-state index contributed by atoms with van der Waals surface area (Å²) in [6, 6.07) is 9.87. The number of ether oxygens (including phenoxy) is 1. The van der Waals surface area contributed by atoms with Crippen LogP contribution in [0.25, 0.3) is 11.0 Å². The van der Waals surface area contributed by atoms with Crippen molar-refractivity contribution in [3.63, 3.8) is 0 Å². The van der Waals surface area contributed by atoms with E-state index in [1.165, 1.54) is 11.1 Å². The van der Waals surface area contributed by atoms with E-state index in [2.05, 4.69) is 41.3 Å². The van der Waals surface area contributed by atoms with Crippen molar-refractivity contribution in [3.05, 3.63) is 52.8 Å². The first kappa shape index (κ1) is 20.9. The summed E-state index contributed by atoms with van der Waals surface area (Å²) >= 11 is 0. The summed E-state index contributed by atoms with van der Waals surface area (Å²) in [5.41, 5.74) is 6.13. The lowest BCUT2D eigenvalue weighted by Crippen LogP contribution is -2.34. The first-order valence-electron chi connectivity index (χ1n) is 10.5. The number of H-pyrrole nitrogens is 1. The molecule has 162 valence electrons. The van der Waals surface area contributed by atoms with E-state index in [-0.39, 0.29) is 24.2 Å². The van der Waals surface area contributed by atoms with Crippen molar-refractivity contribution in [1.29, 1.82) is 0 Å². The predicted octanol–water partition coefficient (Wildman–Crippen LogP) is 3.21. The highest BCUT2D eigenvalue weighted by atomic mass is 16.5. The molecule has 1 aliphatic heterocycles. The van der Waals surface area contributed by atoms with Crippen LogP contribution in [0, 0.1) is 26.7 Å². The molecule has 3 aromatic rings. The van der Waals surface area contributed by atoms with Crippen LogP contribution in [0.15, 0.2) is 30.3 Å². The fraction of sp³-hybridized carbons (Fsp3) is 0.375. The second-order valence-electron chi connectivity index (χ2n) is 8.26. The molecule has 0 spiro atoms. The number of methoxy groups -OCH3 is 1. The van der Waals surface area contributed by atoms with E-state index < -0.39 is 0 Å². The fourth-order valence-corrected chi connectivity index (χ4v) is 4.02. The highest BCUT2D eigenvalue weighted by Gasteiger charge is 2.36. The Hall–Kier alpha value is -3.35. The van der Waals surface area contributed by atoms with E-state index in [1.54, 1.807) is 12.0 Å². The summed E-state index contributed by atoms with van der Waals surface area (Å²) < 4.78 is 5.41. The SMILES string of the molecule is COc1ccc(C)cc1N1CC(C(=O)NCCc2nc3cc(C)c(C)cc3[nH]2)CC1=O. The molecule has 2 heterocycles. The molecule has 7 nitrogen and oxygen atoms in total. The molecule has 0 bridgehead atoms. The molecular formula is C24H28N4O3. The van der Waals surface area contributed by atoms with Gasteiger partial charge in [-0.3, -0.25) is 9.59 Å². The van der Waals surface area contributed by atoms with Crippen LogP contribution < -0.4 is 15.0 Å². The molecule has 1 unspecified atom stereocenters. The van der Waals surface area contributed by atoms with Crippen molar-refractivity contribution < 1.29 is 14.3 Å². The minimum atomic E-state index is -0.376. The second-order valence-corrected chi connectivity index (χ2v) is 8.26. The van der Waals surface area contributed by atoms with Gasteiger partial charge in [0, 0.05) is 25.9 Å². The number of carbonyl (C=O) groups excluding carboxylic acids is 2. The molecule has 4 rings (SSSR count). The third-order valence-electron chi connectivity index (χ3n) is 5.93. The fourth-order valence-electron chi connectivity index (χ4n) is 4.02. The molecule has 2 N–H and O–H groups in total. The Bertz CT molecular complexity index is 1110. The van der Waals surface area contributed by atoms with Crippen LogP contribution in [0.5, 0.6) is 5.75 Å². The molecule has 0 saturated carbocycles. The Balaban J connectivity index is 1.36. The second kappa shape index (κ2) is 8.41. The Labute approximate surface area is 181 Å². The van der Waals surface area contributed by atoms with Gasteiger partial charge < -0.3 is 19.9 Å². The van der Waals surface area contributed by atoms with Crippen LogP contribution in [0.3, 0.4) is 0 Å². The smallest absolute Gasteiger partial charge is 0.227 e. The van der Waals surface area contributed by atoms with Crippen LogP contribution in [-0.4, -0.2) is 42.0 Å². The summed E-state index contributed by atoms with van der Waals surface area (Å²) in [7, 11) is 1.58. The third kappa shape index (κ3) is 4.26. The number of imidazole rings is 1. The summed E-state index contributed by atoms with van der Waals surface area (Å²) in [5.74, 6) is 0.931. The maximum Gasteiger partial charge on any atom is 0.227 e. The van der Waals surface area contributed by atoms with Crippen LogP contribution >= 0.6 is 0 Å². The Kier molecular flexibility index (Phi) is 5.67. The molecule has 31 heavy (non-hydrogen) atoms. The number of nitrogens with one attached hydrogen (secondary N) is 2. The van der Waals surface area contributed by atoms with Crippen LogP contribution in [0.4, 0.5) is 5.69 Å². The lowest BCUT2D eigenvalue weighted by Gasteiger charge is -2.20. The Morgan fingerprint density at radius 2 is 2.00 bits per heavy atom. The van der Waals surface area contributed by atoms with Gasteiger partial charge in [0.1, 0.15) is 11.6 Å². The molecule has 1 fully saturated rings. The van der Waals surface area contributed by atoms with Gasteiger partial charge in [0.15, 0.2) is 0 Å². The minimum Gasteiger partial charge on any atom is -0.495 e. The summed E-state index contributed by atoms with van der Waals surface area (Å²) in [5, 5.41) is 2.96. The van der Waals surface area contributed by atoms with E-state index in [0.29, 0.717) is 25.3 Å². The first-order chi connectivity index (χ1) is 14.9. The molecule has 1 atom stereocenters. The standard InChI is InChI=1S/C24H28N4O3/c1-14-5-6-21(31-4)20(9-14)28-13-17(12-23(28)29)24(30)25-8-7-22-26-18-10-15(2)16(3)11-19(18)27-22/h5-6,9-11,17H,7-8,12-13H2,1-4H3,(H,25,30)(H,26,27). The van der Waals surface area contributed by atoms with Gasteiger partial charge in [0.25, 0.3) is 0 Å². The van der Waals surface area contributed by atoms with Crippen LogP contribution in [-0.2, 0) is 16.0 Å². The van der Waals surface area contributed by atoms with E-state index in [9.17, 15) is 9.59 Å². The van der Waals surface area contributed by atoms with Crippen LogP contribution in [0.2, 0.25) is 0 Å². The summed E-state index contributed by atoms with van der Waals surface area (Å²) in [4.78, 5) is 34.9. The number of fused-ring (bicyclic) bond motifs is 1. The van der Waals surface area contributed by atoms with Gasteiger partial charge in [-0.15, -0.1) is 0 Å². The van der Waals surface area contributed by atoms with E-state index in [0.717, 1.165) is 28.1 Å². The number of rotatable bonds is 6. The Morgan fingerprint density at radius 3 is 2.77 bits per heavy atom. The molecule has 1 aromatic heterocycles. The van der Waals surface area contributed by atoms with Gasteiger partial charge in [0.2, 0.25) is 11.8 Å². The van der Waals surface area contributed by atoms with Crippen LogP contribution in [0.1, 0.15) is 28.9 Å².